The number of aliphatic imine (C=N–C) groups is 1. The van der Waals surface area contributed by atoms with Crippen LogP contribution in [-0.4, -0.2) is 74.6 Å². The van der Waals surface area contributed by atoms with Gasteiger partial charge in [-0.05, 0) is 32.1 Å². The molecule has 3 aliphatic rings. The summed E-state index contributed by atoms with van der Waals surface area (Å²) in [5.74, 6) is 0.868. The monoisotopic (exact) mass is 338 g/mol. The van der Waals surface area contributed by atoms with E-state index in [0.29, 0.717) is 6.04 Å². The van der Waals surface area contributed by atoms with Crippen molar-refractivity contribution < 1.29 is 9.84 Å². The number of rotatable bonds is 5. The summed E-state index contributed by atoms with van der Waals surface area (Å²) in [6, 6.07) is 1.29. The van der Waals surface area contributed by atoms with Crippen molar-refractivity contribution in [3.05, 3.63) is 0 Å². The fourth-order valence-corrected chi connectivity index (χ4v) is 4.36. The first kappa shape index (κ1) is 18.0. The number of aliphatic hydroxyl groups excluding tert-OH is 1. The van der Waals surface area contributed by atoms with E-state index in [2.05, 4.69) is 20.5 Å². The minimum Gasteiger partial charge on any atom is -0.396 e. The molecule has 24 heavy (non-hydrogen) atoms. The first-order valence-electron chi connectivity index (χ1n) is 9.64. The molecular weight excluding hydrogens is 304 g/mol. The number of likely N-dealkylation sites (tertiary alicyclic amines) is 1. The highest BCUT2D eigenvalue weighted by molar-refractivity contribution is 5.80. The first-order valence-corrected chi connectivity index (χ1v) is 9.64. The summed E-state index contributed by atoms with van der Waals surface area (Å²) in [7, 11) is 1.83. The normalized spacial score (nSPS) is 29.1. The van der Waals surface area contributed by atoms with Gasteiger partial charge < -0.3 is 20.5 Å². The van der Waals surface area contributed by atoms with Crippen LogP contribution in [0.5, 0.6) is 0 Å². The predicted molar refractivity (Wildman–Crippen MR) is 96.3 cm³/mol. The van der Waals surface area contributed by atoms with Crippen LogP contribution in [0.2, 0.25) is 0 Å². The third kappa shape index (κ3) is 4.41. The summed E-state index contributed by atoms with van der Waals surface area (Å²) in [6.07, 6.45) is 8.56. The van der Waals surface area contributed by atoms with Gasteiger partial charge in [0, 0.05) is 57.4 Å². The lowest BCUT2D eigenvalue weighted by Crippen LogP contribution is -2.50. The molecular formula is C18H34N4O2. The largest absolute Gasteiger partial charge is 0.396 e. The molecule has 2 heterocycles. The molecule has 0 radical (unpaired) electrons. The Bertz CT molecular complexity index is 417. The number of ether oxygens (including phenoxy) is 1. The highest BCUT2D eigenvalue weighted by atomic mass is 16.5. The smallest absolute Gasteiger partial charge is 0.191 e. The fraction of sp³-hybridized carbons (Fsp3) is 0.944. The molecule has 1 aliphatic carbocycles. The molecule has 6 heteroatoms. The van der Waals surface area contributed by atoms with Crippen LogP contribution in [0.15, 0.2) is 4.99 Å². The molecule has 1 saturated carbocycles. The van der Waals surface area contributed by atoms with Crippen molar-refractivity contribution in [2.24, 2.45) is 10.4 Å². The molecule has 0 amide bonds. The Kier molecular flexibility index (Phi) is 6.36. The average molecular weight is 338 g/mol. The SMILES string of the molecule is CN=C(NCC1(CO)CCOCC1)NC1CCN(C2CCCC2)C1. The highest BCUT2D eigenvalue weighted by Crippen LogP contribution is 2.29. The van der Waals surface area contributed by atoms with E-state index in [9.17, 15) is 5.11 Å². The zero-order valence-electron chi connectivity index (χ0n) is 15.1. The second-order valence-electron chi connectivity index (χ2n) is 7.76. The minimum atomic E-state index is -0.0680. The van der Waals surface area contributed by atoms with Crippen LogP contribution in [-0.2, 0) is 4.74 Å². The third-order valence-electron chi connectivity index (χ3n) is 6.14. The van der Waals surface area contributed by atoms with Crippen LogP contribution in [0.3, 0.4) is 0 Å². The Balaban J connectivity index is 1.45. The third-order valence-corrected chi connectivity index (χ3v) is 6.14. The molecule has 0 aromatic carbocycles. The summed E-state index contributed by atoms with van der Waals surface area (Å²) in [5.41, 5.74) is -0.0680. The maximum absolute atomic E-state index is 9.80. The van der Waals surface area contributed by atoms with Gasteiger partial charge in [0.15, 0.2) is 5.96 Å². The summed E-state index contributed by atoms with van der Waals surface area (Å²) in [6.45, 7) is 4.78. The van der Waals surface area contributed by atoms with Crippen LogP contribution in [0.4, 0.5) is 0 Å². The van der Waals surface area contributed by atoms with Crippen LogP contribution in [0.1, 0.15) is 44.9 Å². The van der Waals surface area contributed by atoms with Gasteiger partial charge in [-0.2, -0.15) is 0 Å². The summed E-state index contributed by atoms with van der Waals surface area (Å²) >= 11 is 0. The summed E-state index contributed by atoms with van der Waals surface area (Å²) in [4.78, 5) is 7.05. The van der Waals surface area contributed by atoms with Crippen LogP contribution < -0.4 is 10.6 Å². The van der Waals surface area contributed by atoms with E-state index < -0.39 is 0 Å². The summed E-state index contributed by atoms with van der Waals surface area (Å²) in [5, 5.41) is 16.8. The average Bonchev–Trinajstić information content (AvgIpc) is 3.30. The van der Waals surface area contributed by atoms with Gasteiger partial charge in [-0.25, -0.2) is 0 Å². The molecule has 2 saturated heterocycles. The molecule has 2 aliphatic heterocycles. The number of nitrogens with zero attached hydrogens (tertiary/aromatic N) is 2. The molecule has 3 fully saturated rings. The maximum atomic E-state index is 9.80. The Morgan fingerprint density at radius 3 is 2.67 bits per heavy atom. The molecule has 0 spiro atoms. The van der Waals surface area contributed by atoms with Crippen molar-refractivity contribution >= 4 is 5.96 Å². The number of aliphatic hydroxyl groups is 1. The number of hydrogen-bond donors (Lipinski definition) is 3. The lowest BCUT2D eigenvalue weighted by molar-refractivity contribution is -0.0132. The van der Waals surface area contributed by atoms with Crippen molar-refractivity contribution in [3.63, 3.8) is 0 Å². The molecule has 0 bridgehead atoms. The van der Waals surface area contributed by atoms with Crippen molar-refractivity contribution in [1.82, 2.24) is 15.5 Å². The Labute approximate surface area is 146 Å². The maximum Gasteiger partial charge on any atom is 0.191 e. The van der Waals surface area contributed by atoms with E-state index in [1.807, 2.05) is 7.05 Å². The lowest BCUT2D eigenvalue weighted by Gasteiger charge is -2.36. The second kappa shape index (κ2) is 8.50. The lowest BCUT2D eigenvalue weighted by atomic mass is 9.81. The topological polar surface area (TPSA) is 69.1 Å². The van der Waals surface area contributed by atoms with E-state index in [1.165, 1.54) is 38.6 Å². The van der Waals surface area contributed by atoms with E-state index in [4.69, 9.17) is 4.74 Å². The van der Waals surface area contributed by atoms with Gasteiger partial charge >= 0.3 is 0 Å². The van der Waals surface area contributed by atoms with Gasteiger partial charge in [0.1, 0.15) is 0 Å². The standard InChI is InChI=1S/C18H34N4O2/c1-19-17(20-13-18(14-23)7-10-24-11-8-18)21-15-6-9-22(12-15)16-4-2-3-5-16/h15-16,23H,2-14H2,1H3,(H2,19,20,21). The molecule has 138 valence electrons. The van der Waals surface area contributed by atoms with Gasteiger partial charge in [0.25, 0.3) is 0 Å². The van der Waals surface area contributed by atoms with E-state index in [1.54, 1.807) is 0 Å². The van der Waals surface area contributed by atoms with Crippen molar-refractivity contribution in [3.8, 4) is 0 Å². The molecule has 1 atom stereocenters. The molecule has 0 aromatic rings. The van der Waals surface area contributed by atoms with E-state index in [0.717, 1.165) is 51.1 Å². The van der Waals surface area contributed by atoms with Crippen molar-refractivity contribution in [2.45, 2.75) is 57.0 Å². The van der Waals surface area contributed by atoms with Crippen LogP contribution in [0, 0.1) is 5.41 Å². The number of nitrogens with one attached hydrogen (secondary N) is 2. The van der Waals surface area contributed by atoms with Gasteiger partial charge in [-0.3, -0.25) is 9.89 Å². The van der Waals surface area contributed by atoms with E-state index >= 15 is 0 Å². The Morgan fingerprint density at radius 2 is 2.00 bits per heavy atom. The van der Waals surface area contributed by atoms with Gasteiger partial charge in [0.05, 0.1) is 6.61 Å². The second-order valence-corrected chi connectivity index (χ2v) is 7.76. The fourth-order valence-electron chi connectivity index (χ4n) is 4.36. The number of hydrogen-bond acceptors (Lipinski definition) is 4. The Morgan fingerprint density at radius 1 is 1.25 bits per heavy atom. The highest BCUT2D eigenvalue weighted by Gasteiger charge is 2.33. The van der Waals surface area contributed by atoms with Crippen molar-refractivity contribution in [2.75, 3.05) is 46.5 Å². The quantitative estimate of drug-likeness (QED) is 0.514. The molecule has 3 rings (SSSR count). The van der Waals surface area contributed by atoms with Crippen molar-refractivity contribution in [1.29, 1.82) is 0 Å². The molecule has 3 N–H and O–H groups in total. The predicted octanol–water partition coefficient (Wildman–Crippen LogP) is 0.957. The molecule has 1 unspecified atom stereocenters. The minimum absolute atomic E-state index is 0.0680. The Hall–Kier alpha value is -0.850. The molecule has 0 aromatic heterocycles. The van der Waals surface area contributed by atoms with Gasteiger partial charge in [0.2, 0.25) is 0 Å². The number of guanidine groups is 1. The van der Waals surface area contributed by atoms with Gasteiger partial charge in [-0.1, -0.05) is 12.8 Å². The zero-order chi connectivity index (χ0) is 16.8. The molecule has 6 nitrogen and oxygen atoms in total. The first-order chi connectivity index (χ1) is 11.7. The summed E-state index contributed by atoms with van der Waals surface area (Å²) < 4.78 is 5.44. The van der Waals surface area contributed by atoms with E-state index in [-0.39, 0.29) is 12.0 Å². The van der Waals surface area contributed by atoms with Crippen LogP contribution >= 0.6 is 0 Å². The van der Waals surface area contributed by atoms with Crippen LogP contribution in [0.25, 0.3) is 0 Å². The zero-order valence-corrected chi connectivity index (χ0v) is 15.1. The van der Waals surface area contributed by atoms with Gasteiger partial charge in [-0.15, -0.1) is 0 Å².